The second-order valence-electron chi connectivity index (χ2n) is 7.26. The number of nitrogens with zero attached hydrogens (tertiary/aromatic N) is 3. The van der Waals surface area contributed by atoms with Gasteiger partial charge < -0.3 is 4.74 Å². The van der Waals surface area contributed by atoms with Gasteiger partial charge in [0.05, 0.1) is 19.3 Å². The van der Waals surface area contributed by atoms with E-state index < -0.39 is 0 Å². The predicted octanol–water partition coefficient (Wildman–Crippen LogP) is 4.02. The first-order chi connectivity index (χ1) is 13.3. The molecule has 1 aliphatic heterocycles. The Morgan fingerprint density at radius 3 is 2.78 bits per heavy atom. The van der Waals surface area contributed by atoms with Gasteiger partial charge >= 0.3 is 0 Å². The smallest absolute Gasteiger partial charge is 0.113 e. The van der Waals surface area contributed by atoms with Crippen molar-refractivity contribution in [3.63, 3.8) is 0 Å². The molecule has 4 heteroatoms. The van der Waals surface area contributed by atoms with Crippen molar-refractivity contribution in [3.05, 3.63) is 71.4 Å². The Bertz CT molecular complexity index is 1010. The lowest BCUT2D eigenvalue weighted by molar-refractivity contribution is 0.0279. The van der Waals surface area contributed by atoms with Crippen molar-refractivity contribution in [2.24, 2.45) is 5.92 Å². The fourth-order valence-electron chi connectivity index (χ4n) is 3.46. The molecule has 134 valence electrons. The van der Waals surface area contributed by atoms with Crippen molar-refractivity contribution in [2.45, 2.75) is 31.9 Å². The molecule has 0 radical (unpaired) electrons. The van der Waals surface area contributed by atoms with Gasteiger partial charge in [0, 0.05) is 17.0 Å². The van der Waals surface area contributed by atoms with E-state index in [2.05, 4.69) is 70.7 Å². The van der Waals surface area contributed by atoms with E-state index in [-0.39, 0.29) is 6.10 Å². The van der Waals surface area contributed by atoms with Crippen LogP contribution in [0.2, 0.25) is 0 Å². The Labute approximate surface area is 159 Å². The van der Waals surface area contributed by atoms with Crippen LogP contribution in [-0.4, -0.2) is 21.6 Å². The molecule has 1 aliphatic carbocycles. The normalized spacial score (nSPS) is 18.4. The molecule has 5 rings (SSSR count). The van der Waals surface area contributed by atoms with Crippen LogP contribution in [0.25, 0.3) is 11.3 Å². The summed E-state index contributed by atoms with van der Waals surface area (Å²) in [6.07, 6.45) is 5.51. The zero-order valence-electron chi connectivity index (χ0n) is 15.1. The Kier molecular flexibility index (Phi) is 4.23. The minimum atomic E-state index is 0.0320. The molecule has 1 unspecified atom stereocenters. The third kappa shape index (κ3) is 3.65. The van der Waals surface area contributed by atoms with Crippen LogP contribution in [0.4, 0.5) is 0 Å². The quantitative estimate of drug-likeness (QED) is 0.666. The molecular weight excluding hydrogens is 334 g/mol. The predicted molar refractivity (Wildman–Crippen MR) is 104 cm³/mol. The maximum absolute atomic E-state index is 5.99. The first-order valence-corrected chi connectivity index (χ1v) is 9.57. The fourth-order valence-corrected chi connectivity index (χ4v) is 3.46. The van der Waals surface area contributed by atoms with E-state index in [0.29, 0.717) is 12.5 Å². The molecule has 1 atom stereocenters. The molecule has 0 N–H and O–H groups in total. The van der Waals surface area contributed by atoms with Crippen molar-refractivity contribution in [3.8, 4) is 23.1 Å². The van der Waals surface area contributed by atoms with Crippen molar-refractivity contribution in [1.82, 2.24) is 15.0 Å². The van der Waals surface area contributed by atoms with E-state index in [9.17, 15) is 0 Å². The zero-order valence-corrected chi connectivity index (χ0v) is 15.1. The molecule has 2 heterocycles. The summed E-state index contributed by atoms with van der Waals surface area (Å²) in [5.74, 6) is 7.16. The lowest BCUT2D eigenvalue weighted by Crippen LogP contribution is -2.20. The van der Waals surface area contributed by atoms with Gasteiger partial charge in [-0.25, -0.2) is 4.68 Å². The van der Waals surface area contributed by atoms with E-state index in [4.69, 9.17) is 4.74 Å². The molecule has 0 amide bonds. The van der Waals surface area contributed by atoms with Gasteiger partial charge in [-0.15, -0.1) is 5.10 Å². The van der Waals surface area contributed by atoms with Gasteiger partial charge in [0.1, 0.15) is 11.8 Å². The van der Waals surface area contributed by atoms with Gasteiger partial charge in [-0.3, -0.25) is 0 Å². The Morgan fingerprint density at radius 1 is 1.07 bits per heavy atom. The molecule has 4 nitrogen and oxygen atoms in total. The average molecular weight is 355 g/mol. The zero-order chi connectivity index (χ0) is 18.1. The van der Waals surface area contributed by atoms with Gasteiger partial charge in [0.25, 0.3) is 0 Å². The van der Waals surface area contributed by atoms with Crippen molar-refractivity contribution < 1.29 is 4.74 Å². The van der Waals surface area contributed by atoms with Crippen LogP contribution in [-0.2, 0) is 17.7 Å². The van der Waals surface area contributed by atoms with E-state index in [1.54, 1.807) is 0 Å². The number of hydrogen-bond donors (Lipinski definition) is 0. The highest BCUT2D eigenvalue weighted by atomic mass is 16.5. The minimum Gasteiger partial charge on any atom is -0.371 e. The molecule has 1 fully saturated rings. The molecule has 2 aromatic carbocycles. The molecule has 0 saturated heterocycles. The number of rotatable bonds is 3. The maximum atomic E-state index is 5.99. The molecule has 1 aromatic heterocycles. The lowest BCUT2D eigenvalue weighted by Gasteiger charge is -2.25. The summed E-state index contributed by atoms with van der Waals surface area (Å²) < 4.78 is 7.86. The molecule has 3 aromatic rings. The Hall–Kier alpha value is -2.90. The summed E-state index contributed by atoms with van der Waals surface area (Å²) in [7, 11) is 0. The van der Waals surface area contributed by atoms with Crippen molar-refractivity contribution in [1.29, 1.82) is 0 Å². The van der Waals surface area contributed by atoms with E-state index >= 15 is 0 Å². The number of hydrogen-bond acceptors (Lipinski definition) is 3. The first kappa shape index (κ1) is 16.3. The van der Waals surface area contributed by atoms with Crippen LogP contribution in [0.1, 0.15) is 35.6 Å². The SMILES string of the molecule is C(#CC1CC1)c1ccc(-c2cn(CC3OCCc4ccccc43)nn2)cc1. The van der Waals surface area contributed by atoms with Gasteiger partial charge in [-0.05, 0) is 42.5 Å². The highest BCUT2D eigenvalue weighted by Crippen LogP contribution is 2.29. The number of ether oxygens (including phenoxy) is 1. The van der Waals surface area contributed by atoms with E-state index in [0.717, 1.165) is 29.8 Å². The lowest BCUT2D eigenvalue weighted by atomic mass is 9.98. The van der Waals surface area contributed by atoms with Gasteiger partial charge in [-0.1, -0.05) is 53.5 Å². The fraction of sp³-hybridized carbons (Fsp3) is 0.304. The first-order valence-electron chi connectivity index (χ1n) is 9.57. The summed E-state index contributed by atoms with van der Waals surface area (Å²) in [6, 6.07) is 16.8. The second-order valence-corrected chi connectivity index (χ2v) is 7.26. The van der Waals surface area contributed by atoms with Crippen LogP contribution in [0.3, 0.4) is 0 Å². The van der Waals surface area contributed by atoms with Gasteiger partial charge in [0.15, 0.2) is 0 Å². The minimum absolute atomic E-state index is 0.0320. The Balaban J connectivity index is 1.31. The highest BCUT2D eigenvalue weighted by molar-refractivity contribution is 5.59. The van der Waals surface area contributed by atoms with Gasteiger partial charge in [0.2, 0.25) is 0 Å². The number of fused-ring (bicyclic) bond motifs is 1. The number of aromatic nitrogens is 3. The Morgan fingerprint density at radius 2 is 1.93 bits per heavy atom. The largest absolute Gasteiger partial charge is 0.371 e. The molecule has 2 aliphatic rings. The summed E-state index contributed by atoms with van der Waals surface area (Å²) in [4.78, 5) is 0. The van der Waals surface area contributed by atoms with Gasteiger partial charge in [-0.2, -0.15) is 0 Å². The van der Waals surface area contributed by atoms with Crippen LogP contribution in [0.15, 0.2) is 54.7 Å². The summed E-state index contributed by atoms with van der Waals surface area (Å²) in [5.41, 5.74) is 5.63. The average Bonchev–Trinajstić information content (AvgIpc) is 3.44. The van der Waals surface area contributed by atoms with Crippen molar-refractivity contribution >= 4 is 0 Å². The summed E-state index contributed by atoms with van der Waals surface area (Å²) >= 11 is 0. The monoisotopic (exact) mass is 355 g/mol. The van der Waals surface area contributed by atoms with Crippen LogP contribution in [0, 0.1) is 17.8 Å². The van der Waals surface area contributed by atoms with Crippen LogP contribution >= 0.6 is 0 Å². The molecule has 27 heavy (non-hydrogen) atoms. The topological polar surface area (TPSA) is 39.9 Å². The maximum Gasteiger partial charge on any atom is 0.113 e. The summed E-state index contributed by atoms with van der Waals surface area (Å²) in [5, 5.41) is 8.65. The molecule has 0 spiro atoms. The molecule has 0 bridgehead atoms. The van der Waals surface area contributed by atoms with E-state index in [1.165, 1.54) is 24.0 Å². The van der Waals surface area contributed by atoms with Crippen LogP contribution < -0.4 is 0 Å². The second kappa shape index (κ2) is 7.02. The third-order valence-electron chi connectivity index (χ3n) is 5.16. The van der Waals surface area contributed by atoms with Crippen LogP contribution in [0.5, 0.6) is 0 Å². The highest BCUT2D eigenvalue weighted by Gasteiger charge is 2.21. The molecule has 1 saturated carbocycles. The third-order valence-corrected chi connectivity index (χ3v) is 5.16. The number of benzene rings is 2. The standard InChI is InChI=1S/C23H21N3O/c1-2-4-21-19(3-1)13-14-27-23(21)16-26-15-22(24-25-26)20-11-9-18(10-12-20)8-7-17-5-6-17/h1-4,9-12,15,17,23H,5-6,13-14,16H2. The van der Waals surface area contributed by atoms with E-state index in [1.807, 2.05) is 10.9 Å². The summed E-state index contributed by atoms with van der Waals surface area (Å²) in [6.45, 7) is 1.43. The van der Waals surface area contributed by atoms with Crippen molar-refractivity contribution in [2.75, 3.05) is 6.61 Å². The molecular formula is C23H21N3O.